The molecule has 0 aliphatic rings. The molecule has 0 aromatic heterocycles. The Morgan fingerprint density at radius 2 is 1.12 bits per heavy atom. The fraction of sp³-hybridized carbons (Fsp3) is 0.750. The zero-order chi connectivity index (χ0) is 19.1. The number of aromatic hydroxyl groups is 1. The fourth-order valence-corrected chi connectivity index (χ4v) is 3.83. The highest BCUT2D eigenvalue weighted by Crippen LogP contribution is 2.43. The molecule has 1 N–H and O–H groups in total. The number of unbranched alkanes of at least 4 members (excludes halogenated alkanes) is 4. The fourth-order valence-electron chi connectivity index (χ4n) is 3.83. The van der Waals surface area contributed by atoms with Gasteiger partial charge >= 0.3 is 0 Å². The molecule has 0 saturated carbocycles. The standard InChI is InChI=1S/C24H42O/c1-8-11-13-15-23(4,5)20-17-19(10-3)18-21(22(20)25)24(6,7)16-14-12-9-2/h17-18,25H,8-16H2,1-7H3. The molecule has 0 aliphatic heterocycles. The highest BCUT2D eigenvalue weighted by Gasteiger charge is 2.30. The largest absolute Gasteiger partial charge is 0.507 e. The summed E-state index contributed by atoms with van der Waals surface area (Å²) >= 11 is 0. The molecule has 1 nitrogen and oxygen atoms in total. The van der Waals surface area contributed by atoms with Crippen LogP contribution in [0.25, 0.3) is 0 Å². The average molecular weight is 347 g/mol. The van der Waals surface area contributed by atoms with E-state index < -0.39 is 0 Å². The van der Waals surface area contributed by atoms with Crippen LogP contribution in [0.15, 0.2) is 12.1 Å². The van der Waals surface area contributed by atoms with Crippen LogP contribution in [0.3, 0.4) is 0 Å². The first-order valence-electron chi connectivity index (χ1n) is 10.6. The van der Waals surface area contributed by atoms with Crippen molar-refractivity contribution in [1.29, 1.82) is 0 Å². The minimum absolute atomic E-state index is 0.0265. The van der Waals surface area contributed by atoms with E-state index in [1.54, 1.807) is 0 Å². The summed E-state index contributed by atoms with van der Waals surface area (Å²) in [6.45, 7) is 15.9. The molecular formula is C24H42O. The molecule has 0 radical (unpaired) electrons. The van der Waals surface area contributed by atoms with Crippen LogP contribution < -0.4 is 0 Å². The number of phenolic OH excluding ortho intramolecular Hbond substituents is 1. The molecule has 0 saturated heterocycles. The summed E-state index contributed by atoms with van der Waals surface area (Å²) in [6.07, 6.45) is 10.8. The lowest BCUT2D eigenvalue weighted by atomic mass is 9.73. The van der Waals surface area contributed by atoms with Crippen LogP contribution in [0.4, 0.5) is 0 Å². The third-order valence-corrected chi connectivity index (χ3v) is 5.85. The quantitative estimate of drug-likeness (QED) is 0.407. The van der Waals surface area contributed by atoms with Crippen molar-refractivity contribution in [2.75, 3.05) is 0 Å². The first-order chi connectivity index (χ1) is 11.7. The van der Waals surface area contributed by atoms with Gasteiger partial charge in [-0.3, -0.25) is 0 Å². The Morgan fingerprint density at radius 3 is 1.44 bits per heavy atom. The van der Waals surface area contributed by atoms with Gasteiger partial charge in [0.25, 0.3) is 0 Å². The van der Waals surface area contributed by atoms with E-state index in [0.29, 0.717) is 5.75 Å². The Bertz CT molecular complexity index is 482. The van der Waals surface area contributed by atoms with Gasteiger partial charge in [-0.05, 0) is 35.7 Å². The van der Waals surface area contributed by atoms with Crippen molar-refractivity contribution in [2.45, 2.75) is 117 Å². The Kier molecular flexibility index (Phi) is 8.51. The number of aryl methyl sites for hydroxylation is 1. The molecule has 0 fully saturated rings. The summed E-state index contributed by atoms with van der Waals surface area (Å²) in [5, 5.41) is 11.2. The molecule has 0 aliphatic carbocycles. The van der Waals surface area contributed by atoms with E-state index in [9.17, 15) is 5.11 Å². The van der Waals surface area contributed by atoms with E-state index in [0.717, 1.165) is 30.4 Å². The van der Waals surface area contributed by atoms with Crippen molar-refractivity contribution in [3.63, 3.8) is 0 Å². The van der Waals surface area contributed by atoms with Gasteiger partial charge in [0.15, 0.2) is 0 Å². The number of rotatable bonds is 11. The molecule has 0 unspecified atom stereocenters. The molecular weight excluding hydrogens is 304 g/mol. The van der Waals surface area contributed by atoms with Crippen molar-refractivity contribution in [3.8, 4) is 5.75 Å². The van der Waals surface area contributed by atoms with Crippen molar-refractivity contribution in [2.24, 2.45) is 0 Å². The predicted octanol–water partition coefficient (Wildman–Crippen LogP) is 7.67. The van der Waals surface area contributed by atoms with Crippen LogP contribution in [-0.2, 0) is 17.3 Å². The monoisotopic (exact) mass is 346 g/mol. The van der Waals surface area contributed by atoms with Crippen molar-refractivity contribution in [1.82, 2.24) is 0 Å². The molecule has 1 aromatic carbocycles. The third kappa shape index (κ3) is 6.04. The second-order valence-corrected chi connectivity index (χ2v) is 9.08. The maximum Gasteiger partial charge on any atom is 0.123 e. The second kappa shape index (κ2) is 9.64. The first-order valence-corrected chi connectivity index (χ1v) is 10.6. The van der Waals surface area contributed by atoms with Crippen LogP contribution in [0, 0.1) is 0 Å². The lowest BCUT2D eigenvalue weighted by Crippen LogP contribution is -2.22. The number of benzene rings is 1. The normalized spacial score (nSPS) is 12.6. The Morgan fingerprint density at radius 1 is 0.720 bits per heavy atom. The van der Waals surface area contributed by atoms with Gasteiger partial charge in [-0.15, -0.1) is 0 Å². The third-order valence-electron chi connectivity index (χ3n) is 5.85. The summed E-state index contributed by atoms with van der Waals surface area (Å²) in [5.41, 5.74) is 3.72. The zero-order valence-electron chi connectivity index (χ0n) is 18.0. The molecule has 0 atom stereocenters. The molecule has 1 rings (SSSR count). The van der Waals surface area contributed by atoms with Gasteiger partial charge in [0.05, 0.1) is 0 Å². The highest BCUT2D eigenvalue weighted by molar-refractivity contribution is 5.50. The zero-order valence-corrected chi connectivity index (χ0v) is 18.0. The van der Waals surface area contributed by atoms with Gasteiger partial charge in [-0.2, -0.15) is 0 Å². The van der Waals surface area contributed by atoms with Gasteiger partial charge in [0.1, 0.15) is 5.75 Å². The summed E-state index contributed by atoms with van der Waals surface area (Å²) in [4.78, 5) is 0. The van der Waals surface area contributed by atoms with Crippen LogP contribution in [0.1, 0.15) is 117 Å². The lowest BCUT2D eigenvalue weighted by Gasteiger charge is -2.32. The maximum atomic E-state index is 11.2. The number of hydrogen-bond donors (Lipinski definition) is 1. The average Bonchev–Trinajstić information content (AvgIpc) is 2.55. The highest BCUT2D eigenvalue weighted by atomic mass is 16.3. The molecule has 25 heavy (non-hydrogen) atoms. The number of hydrogen-bond acceptors (Lipinski definition) is 1. The molecule has 1 heteroatoms. The van der Waals surface area contributed by atoms with Gasteiger partial charge in [-0.25, -0.2) is 0 Å². The maximum absolute atomic E-state index is 11.2. The predicted molar refractivity (Wildman–Crippen MR) is 112 cm³/mol. The molecule has 0 amide bonds. The smallest absolute Gasteiger partial charge is 0.123 e. The summed E-state index contributed by atoms with van der Waals surface area (Å²) in [7, 11) is 0. The van der Waals surface area contributed by atoms with Crippen LogP contribution in [0.2, 0.25) is 0 Å². The Labute approximate surface area is 157 Å². The van der Waals surface area contributed by atoms with E-state index in [4.69, 9.17) is 0 Å². The Balaban J connectivity index is 3.23. The van der Waals surface area contributed by atoms with Crippen molar-refractivity contribution >= 4 is 0 Å². The van der Waals surface area contributed by atoms with E-state index in [2.05, 4.69) is 60.6 Å². The molecule has 0 bridgehead atoms. The Hall–Kier alpha value is -0.980. The minimum atomic E-state index is 0.0265. The molecule has 0 heterocycles. The second-order valence-electron chi connectivity index (χ2n) is 9.08. The van der Waals surface area contributed by atoms with Gasteiger partial charge < -0.3 is 5.11 Å². The first kappa shape index (κ1) is 22.1. The summed E-state index contributed by atoms with van der Waals surface area (Å²) in [5.74, 6) is 0.556. The summed E-state index contributed by atoms with van der Waals surface area (Å²) in [6, 6.07) is 4.51. The van der Waals surface area contributed by atoms with E-state index in [1.165, 1.54) is 44.1 Å². The minimum Gasteiger partial charge on any atom is -0.507 e. The lowest BCUT2D eigenvalue weighted by molar-refractivity contribution is 0.380. The van der Waals surface area contributed by atoms with Crippen LogP contribution >= 0.6 is 0 Å². The van der Waals surface area contributed by atoms with Crippen LogP contribution in [0.5, 0.6) is 5.75 Å². The van der Waals surface area contributed by atoms with E-state index in [1.807, 2.05) is 0 Å². The van der Waals surface area contributed by atoms with E-state index in [-0.39, 0.29) is 10.8 Å². The number of phenols is 1. The topological polar surface area (TPSA) is 20.2 Å². The van der Waals surface area contributed by atoms with Crippen molar-refractivity contribution in [3.05, 3.63) is 28.8 Å². The van der Waals surface area contributed by atoms with E-state index >= 15 is 0 Å². The molecule has 144 valence electrons. The van der Waals surface area contributed by atoms with Gasteiger partial charge in [0.2, 0.25) is 0 Å². The molecule has 0 spiro atoms. The summed E-state index contributed by atoms with van der Waals surface area (Å²) < 4.78 is 0. The van der Waals surface area contributed by atoms with Crippen molar-refractivity contribution < 1.29 is 5.11 Å². The van der Waals surface area contributed by atoms with Gasteiger partial charge in [-0.1, -0.05) is 99.1 Å². The van der Waals surface area contributed by atoms with Crippen LogP contribution in [-0.4, -0.2) is 5.11 Å². The van der Waals surface area contributed by atoms with Gasteiger partial charge in [0, 0.05) is 11.1 Å². The molecule has 1 aromatic rings. The SMILES string of the molecule is CCCCCC(C)(C)c1cc(CC)cc(C(C)(C)CCCCC)c1O.